The standard InChI is InChI=1S/C17H16N2O3/c1-12(20)19-11-13(14-6-3-4-7-15(14)19)10-16(21)18(2)17-8-5-9-22-17/h3-9,11H,10H2,1-2H3. The summed E-state index contributed by atoms with van der Waals surface area (Å²) in [6.07, 6.45) is 3.47. The molecule has 0 radical (unpaired) electrons. The Morgan fingerprint density at radius 3 is 2.64 bits per heavy atom. The van der Waals surface area contributed by atoms with Crippen LogP contribution in [-0.2, 0) is 11.2 Å². The van der Waals surface area contributed by atoms with Crippen LogP contribution < -0.4 is 4.90 Å². The minimum Gasteiger partial charge on any atom is -0.448 e. The number of rotatable bonds is 3. The van der Waals surface area contributed by atoms with Gasteiger partial charge >= 0.3 is 0 Å². The van der Waals surface area contributed by atoms with Gasteiger partial charge in [-0.3, -0.25) is 19.1 Å². The van der Waals surface area contributed by atoms with Gasteiger partial charge in [0.25, 0.3) is 0 Å². The van der Waals surface area contributed by atoms with Crippen molar-refractivity contribution < 1.29 is 14.0 Å². The van der Waals surface area contributed by atoms with Crippen LogP contribution in [0.3, 0.4) is 0 Å². The fourth-order valence-electron chi connectivity index (χ4n) is 2.52. The number of anilines is 1. The second kappa shape index (κ2) is 5.52. The van der Waals surface area contributed by atoms with Crippen LogP contribution in [0.25, 0.3) is 10.9 Å². The third kappa shape index (κ3) is 2.41. The van der Waals surface area contributed by atoms with E-state index < -0.39 is 0 Å². The van der Waals surface area contributed by atoms with Crippen molar-refractivity contribution >= 4 is 28.6 Å². The van der Waals surface area contributed by atoms with E-state index in [-0.39, 0.29) is 18.2 Å². The molecule has 22 heavy (non-hydrogen) atoms. The van der Waals surface area contributed by atoms with E-state index >= 15 is 0 Å². The number of para-hydroxylation sites is 1. The first kappa shape index (κ1) is 14.1. The maximum absolute atomic E-state index is 12.4. The van der Waals surface area contributed by atoms with Crippen LogP contribution in [0.4, 0.5) is 5.88 Å². The molecule has 3 aromatic rings. The summed E-state index contributed by atoms with van der Waals surface area (Å²) < 4.78 is 6.81. The van der Waals surface area contributed by atoms with Crippen LogP contribution in [0.15, 0.2) is 53.3 Å². The Morgan fingerprint density at radius 1 is 1.18 bits per heavy atom. The molecule has 0 saturated carbocycles. The normalized spacial score (nSPS) is 10.8. The number of furan rings is 1. The summed E-state index contributed by atoms with van der Waals surface area (Å²) in [6, 6.07) is 11.0. The van der Waals surface area contributed by atoms with E-state index in [0.29, 0.717) is 5.88 Å². The monoisotopic (exact) mass is 296 g/mol. The summed E-state index contributed by atoms with van der Waals surface area (Å²) >= 11 is 0. The molecule has 0 saturated heterocycles. The molecule has 0 N–H and O–H groups in total. The smallest absolute Gasteiger partial charge is 0.233 e. The average Bonchev–Trinajstić information content (AvgIpc) is 3.15. The molecule has 2 heterocycles. The molecule has 0 atom stereocenters. The van der Waals surface area contributed by atoms with Gasteiger partial charge in [-0.2, -0.15) is 0 Å². The molecule has 0 aliphatic carbocycles. The fraction of sp³-hybridized carbons (Fsp3) is 0.176. The van der Waals surface area contributed by atoms with Crippen LogP contribution in [-0.4, -0.2) is 23.4 Å². The van der Waals surface area contributed by atoms with Crippen LogP contribution in [0, 0.1) is 0 Å². The third-order valence-corrected chi connectivity index (χ3v) is 3.69. The molecule has 0 fully saturated rings. The molecule has 0 aliphatic heterocycles. The molecule has 5 heteroatoms. The van der Waals surface area contributed by atoms with Gasteiger partial charge < -0.3 is 4.42 Å². The Hall–Kier alpha value is -2.82. The van der Waals surface area contributed by atoms with Gasteiger partial charge in [0.05, 0.1) is 18.2 Å². The molecule has 2 aromatic heterocycles. The van der Waals surface area contributed by atoms with E-state index in [0.717, 1.165) is 16.5 Å². The second-order valence-electron chi connectivity index (χ2n) is 5.14. The topological polar surface area (TPSA) is 55.5 Å². The van der Waals surface area contributed by atoms with Gasteiger partial charge in [-0.1, -0.05) is 18.2 Å². The van der Waals surface area contributed by atoms with E-state index in [2.05, 4.69) is 0 Å². The molecule has 1 amide bonds. The van der Waals surface area contributed by atoms with Crippen LogP contribution >= 0.6 is 0 Å². The molecule has 3 rings (SSSR count). The number of fused-ring (bicyclic) bond motifs is 1. The van der Waals surface area contributed by atoms with Crippen LogP contribution in [0.1, 0.15) is 17.3 Å². The summed E-state index contributed by atoms with van der Waals surface area (Å²) in [4.78, 5) is 25.6. The number of likely N-dealkylation sites (N-methyl/N-ethyl adjacent to an activating group) is 1. The van der Waals surface area contributed by atoms with Crippen molar-refractivity contribution in [1.29, 1.82) is 0 Å². The van der Waals surface area contributed by atoms with Gasteiger partial charge in [-0.05, 0) is 17.7 Å². The molecule has 5 nitrogen and oxygen atoms in total. The molecule has 0 bridgehead atoms. The maximum atomic E-state index is 12.4. The summed E-state index contributed by atoms with van der Waals surface area (Å²) in [6.45, 7) is 1.51. The zero-order valence-corrected chi connectivity index (χ0v) is 12.4. The van der Waals surface area contributed by atoms with Crippen LogP contribution in [0.5, 0.6) is 0 Å². The molecule has 112 valence electrons. The molecule has 0 unspecified atom stereocenters. The highest BCUT2D eigenvalue weighted by Crippen LogP contribution is 2.23. The van der Waals surface area contributed by atoms with E-state index in [1.165, 1.54) is 18.1 Å². The lowest BCUT2D eigenvalue weighted by atomic mass is 10.1. The average molecular weight is 296 g/mol. The lowest BCUT2D eigenvalue weighted by molar-refractivity contribution is -0.117. The van der Waals surface area contributed by atoms with Gasteiger partial charge in [0.15, 0.2) is 0 Å². The summed E-state index contributed by atoms with van der Waals surface area (Å²) in [5, 5.41) is 0.916. The Kier molecular flexibility index (Phi) is 3.55. The predicted molar refractivity (Wildman–Crippen MR) is 84.1 cm³/mol. The SMILES string of the molecule is CC(=O)n1cc(CC(=O)N(C)c2ccco2)c2ccccc21. The fourth-order valence-corrected chi connectivity index (χ4v) is 2.52. The maximum Gasteiger partial charge on any atom is 0.233 e. The lowest BCUT2D eigenvalue weighted by Crippen LogP contribution is -2.27. The Morgan fingerprint density at radius 2 is 1.95 bits per heavy atom. The lowest BCUT2D eigenvalue weighted by Gasteiger charge is -2.13. The second-order valence-corrected chi connectivity index (χ2v) is 5.14. The van der Waals surface area contributed by atoms with Crippen LogP contribution in [0.2, 0.25) is 0 Å². The summed E-state index contributed by atoms with van der Waals surface area (Å²) in [5.74, 6) is 0.330. The van der Waals surface area contributed by atoms with E-state index in [1.807, 2.05) is 24.3 Å². The van der Waals surface area contributed by atoms with Crippen molar-refractivity contribution in [3.63, 3.8) is 0 Å². The first-order chi connectivity index (χ1) is 10.6. The van der Waals surface area contributed by atoms with Gasteiger partial charge in [-0.25, -0.2) is 0 Å². The van der Waals surface area contributed by atoms with Gasteiger partial charge in [0.2, 0.25) is 17.7 Å². The Balaban J connectivity index is 1.94. The van der Waals surface area contributed by atoms with E-state index in [1.54, 1.807) is 29.9 Å². The third-order valence-electron chi connectivity index (χ3n) is 3.69. The number of hydrogen-bond donors (Lipinski definition) is 0. The van der Waals surface area contributed by atoms with Crippen molar-refractivity contribution in [3.05, 3.63) is 54.4 Å². The minimum atomic E-state index is -0.0959. The highest BCUT2D eigenvalue weighted by atomic mass is 16.3. The van der Waals surface area contributed by atoms with Crippen molar-refractivity contribution in [2.24, 2.45) is 0 Å². The molecule has 0 aliphatic rings. The molecular formula is C17H16N2O3. The van der Waals surface area contributed by atoms with Crippen molar-refractivity contribution in [3.8, 4) is 0 Å². The predicted octanol–water partition coefficient (Wildman–Crippen LogP) is 3.10. The quantitative estimate of drug-likeness (QED) is 0.746. The van der Waals surface area contributed by atoms with Crippen molar-refractivity contribution in [1.82, 2.24) is 4.57 Å². The number of aromatic nitrogens is 1. The first-order valence-electron chi connectivity index (χ1n) is 6.98. The van der Waals surface area contributed by atoms with E-state index in [4.69, 9.17) is 4.42 Å². The number of amides is 1. The van der Waals surface area contributed by atoms with Gasteiger partial charge in [0.1, 0.15) is 0 Å². The zero-order chi connectivity index (χ0) is 15.7. The number of carbonyl (C=O) groups is 2. The highest BCUT2D eigenvalue weighted by molar-refractivity contribution is 5.99. The summed E-state index contributed by atoms with van der Waals surface area (Å²) in [7, 11) is 1.67. The first-order valence-corrected chi connectivity index (χ1v) is 6.98. The number of benzene rings is 1. The van der Waals surface area contributed by atoms with Gasteiger partial charge in [-0.15, -0.1) is 0 Å². The Bertz CT molecular complexity index is 831. The molecule has 0 spiro atoms. The van der Waals surface area contributed by atoms with Crippen molar-refractivity contribution in [2.45, 2.75) is 13.3 Å². The van der Waals surface area contributed by atoms with E-state index in [9.17, 15) is 9.59 Å². The molecule has 1 aromatic carbocycles. The number of carbonyl (C=O) groups excluding carboxylic acids is 2. The number of nitrogens with zero attached hydrogens (tertiary/aromatic N) is 2. The minimum absolute atomic E-state index is 0.0747. The van der Waals surface area contributed by atoms with Gasteiger partial charge in [0, 0.05) is 31.6 Å². The summed E-state index contributed by atoms with van der Waals surface area (Å²) in [5.41, 5.74) is 1.65. The highest BCUT2D eigenvalue weighted by Gasteiger charge is 2.17. The zero-order valence-electron chi connectivity index (χ0n) is 12.4. The Labute approximate surface area is 127 Å². The molecular weight excluding hydrogens is 280 g/mol. The van der Waals surface area contributed by atoms with Crippen molar-refractivity contribution in [2.75, 3.05) is 11.9 Å². The number of hydrogen-bond acceptors (Lipinski definition) is 3. The largest absolute Gasteiger partial charge is 0.448 e.